The molecule has 0 heterocycles. The summed E-state index contributed by atoms with van der Waals surface area (Å²) in [4.78, 5) is 0. The topological polar surface area (TPSA) is 55.4 Å². The number of methoxy groups -OCH3 is 1. The fraction of sp³-hybridized carbons (Fsp3) is 0.500. The lowest BCUT2D eigenvalue weighted by molar-refractivity contribution is 0.386. The van der Waals surface area contributed by atoms with Crippen LogP contribution in [0, 0.1) is 5.82 Å². The van der Waals surface area contributed by atoms with Gasteiger partial charge in [-0.15, -0.1) is 11.6 Å². The lowest BCUT2D eigenvalue weighted by atomic mass is 10.1. The molecule has 1 aromatic rings. The summed E-state index contributed by atoms with van der Waals surface area (Å²) >= 11 is 5.46. The molecule has 0 amide bonds. The predicted octanol–water partition coefficient (Wildman–Crippen LogP) is 2.44. The van der Waals surface area contributed by atoms with Crippen molar-refractivity contribution in [3.63, 3.8) is 0 Å². The van der Waals surface area contributed by atoms with Gasteiger partial charge in [0.05, 0.1) is 12.9 Å². The molecule has 108 valence electrons. The Morgan fingerprint density at radius 2 is 2.16 bits per heavy atom. The number of alkyl halides is 1. The van der Waals surface area contributed by atoms with Gasteiger partial charge in [0.1, 0.15) is 0 Å². The lowest BCUT2D eigenvalue weighted by Gasteiger charge is -2.15. The van der Waals surface area contributed by atoms with Crippen LogP contribution in [0.5, 0.6) is 5.75 Å². The van der Waals surface area contributed by atoms with Gasteiger partial charge in [0, 0.05) is 11.9 Å². The minimum atomic E-state index is -3.41. The number of halogens is 2. The summed E-state index contributed by atoms with van der Waals surface area (Å²) in [6.45, 7) is 1.65. The average Bonchev–Trinajstić information content (AvgIpc) is 2.35. The van der Waals surface area contributed by atoms with E-state index in [0.717, 1.165) is 0 Å². The molecular formula is C12H17ClFNO3S. The van der Waals surface area contributed by atoms with E-state index in [4.69, 9.17) is 16.3 Å². The Kier molecular flexibility index (Phi) is 6.03. The van der Waals surface area contributed by atoms with E-state index >= 15 is 0 Å². The van der Waals surface area contributed by atoms with E-state index in [2.05, 4.69) is 4.72 Å². The summed E-state index contributed by atoms with van der Waals surface area (Å²) < 4.78 is 44.2. The van der Waals surface area contributed by atoms with Gasteiger partial charge in [0.15, 0.2) is 11.6 Å². The summed E-state index contributed by atoms with van der Waals surface area (Å²) in [5, 5.41) is 0. The highest BCUT2D eigenvalue weighted by molar-refractivity contribution is 7.89. The minimum absolute atomic E-state index is 0.0422. The third kappa shape index (κ3) is 4.97. The number of benzene rings is 1. The van der Waals surface area contributed by atoms with Crippen molar-refractivity contribution >= 4 is 21.6 Å². The normalized spacial score (nSPS) is 13.3. The van der Waals surface area contributed by atoms with E-state index < -0.39 is 21.9 Å². The van der Waals surface area contributed by atoms with E-state index in [1.165, 1.54) is 19.2 Å². The third-order valence-electron chi connectivity index (χ3n) is 2.58. The zero-order valence-corrected chi connectivity index (χ0v) is 12.4. The zero-order valence-electron chi connectivity index (χ0n) is 10.8. The number of ether oxygens (including phenoxy) is 1. The van der Waals surface area contributed by atoms with Crippen molar-refractivity contribution in [1.82, 2.24) is 4.72 Å². The minimum Gasteiger partial charge on any atom is -0.494 e. The monoisotopic (exact) mass is 309 g/mol. The lowest BCUT2D eigenvalue weighted by Crippen LogP contribution is -2.29. The molecule has 0 bridgehead atoms. The standard InChI is InChI=1S/C12H17ClFNO3S/c1-9(15-19(16,17)7-3-6-13)10-4-5-12(18-2)11(14)8-10/h4-5,8-9,15H,3,6-7H2,1-2H3. The van der Waals surface area contributed by atoms with Crippen LogP contribution in [0.3, 0.4) is 0 Å². The van der Waals surface area contributed by atoms with E-state index in [-0.39, 0.29) is 17.4 Å². The first-order chi connectivity index (χ1) is 8.89. The quantitative estimate of drug-likeness (QED) is 0.787. The first-order valence-electron chi connectivity index (χ1n) is 5.79. The molecule has 0 aromatic heterocycles. The molecule has 0 aliphatic rings. The maximum atomic E-state index is 13.5. The van der Waals surface area contributed by atoms with E-state index in [1.807, 2.05) is 0 Å². The summed E-state index contributed by atoms with van der Waals surface area (Å²) in [7, 11) is -2.04. The van der Waals surface area contributed by atoms with Gasteiger partial charge < -0.3 is 4.74 Å². The molecule has 0 aliphatic carbocycles. The molecular weight excluding hydrogens is 293 g/mol. The highest BCUT2D eigenvalue weighted by Gasteiger charge is 2.16. The fourth-order valence-electron chi connectivity index (χ4n) is 1.59. The zero-order chi connectivity index (χ0) is 14.5. The average molecular weight is 310 g/mol. The molecule has 1 rings (SSSR count). The Bertz CT molecular complexity index is 522. The van der Waals surface area contributed by atoms with Gasteiger partial charge in [0.2, 0.25) is 10.0 Å². The van der Waals surface area contributed by atoms with Crippen molar-refractivity contribution < 1.29 is 17.5 Å². The molecule has 1 atom stereocenters. The van der Waals surface area contributed by atoms with Gasteiger partial charge in [-0.05, 0) is 31.0 Å². The van der Waals surface area contributed by atoms with Crippen LogP contribution in [-0.4, -0.2) is 27.2 Å². The van der Waals surface area contributed by atoms with Crippen molar-refractivity contribution in [2.75, 3.05) is 18.7 Å². The van der Waals surface area contributed by atoms with Crippen LogP contribution in [0.2, 0.25) is 0 Å². The largest absolute Gasteiger partial charge is 0.494 e. The Labute approximate surface area is 118 Å². The number of hydrogen-bond acceptors (Lipinski definition) is 3. The summed E-state index contributed by atoms with van der Waals surface area (Å²) in [5.74, 6) is -0.154. The second-order valence-electron chi connectivity index (χ2n) is 4.09. The van der Waals surface area contributed by atoms with Gasteiger partial charge >= 0.3 is 0 Å². The number of nitrogens with one attached hydrogen (secondary N) is 1. The molecule has 0 fully saturated rings. The summed E-state index contributed by atoms with van der Waals surface area (Å²) in [6, 6.07) is 3.83. The van der Waals surface area contributed by atoms with Crippen LogP contribution in [0.4, 0.5) is 4.39 Å². The van der Waals surface area contributed by atoms with Gasteiger partial charge in [-0.1, -0.05) is 6.07 Å². The summed E-state index contributed by atoms with van der Waals surface area (Å²) in [5.41, 5.74) is 0.535. The predicted molar refractivity (Wildman–Crippen MR) is 73.6 cm³/mol. The number of rotatable bonds is 7. The van der Waals surface area contributed by atoms with Crippen LogP contribution in [-0.2, 0) is 10.0 Å². The highest BCUT2D eigenvalue weighted by Crippen LogP contribution is 2.22. The van der Waals surface area contributed by atoms with Crippen LogP contribution < -0.4 is 9.46 Å². The molecule has 1 aromatic carbocycles. The van der Waals surface area contributed by atoms with E-state index in [0.29, 0.717) is 12.0 Å². The van der Waals surface area contributed by atoms with Crippen LogP contribution >= 0.6 is 11.6 Å². The number of sulfonamides is 1. The summed E-state index contributed by atoms with van der Waals surface area (Å²) in [6.07, 6.45) is 0.376. The Morgan fingerprint density at radius 3 is 2.68 bits per heavy atom. The molecule has 0 aliphatic heterocycles. The van der Waals surface area contributed by atoms with E-state index in [1.54, 1.807) is 13.0 Å². The Hall–Kier alpha value is -0.850. The van der Waals surface area contributed by atoms with E-state index in [9.17, 15) is 12.8 Å². The maximum absolute atomic E-state index is 13.5. The molecule has 0 saturated heterocycles. The van der Waals surface area contributed by atoms with Crippen molar-refractivity contribution in [3.8, 4) is 5.75 Å². The van der Waals surface area contributed by atoms with Crippen molar-refractivity contribution in [1.29, 1.82) is 0 Å². The first kappa shape index (κ1) is 16.2. The fourth-order valence-corrected chi connectivity index (χ4v) is 3.20. The molecule has 19 heavy (non-hydrogen) atoms. The third-order valence-corrected chi connectivity index (χ3v) is 4.38. The Morgan fingerprint density at radius 1 is 1.47 bits per heavy atom. The molecule has 1 N–H and O–H groups in total. The van der Waals surface area contributed by atoms with Gasteiger partial charge in [0.25, 0.3) is 0 Å². The maximum Gasteiger partial charge on any atom is 0.212 e. The highest BCUT2D eigenvalue weighted by atomic mass is 35.5. The molecule has 7 heteroatoms. The SMILES string of the molecule is COc1ccc(C(C)NS(=O)(=O)CCCCl)cc1F. The van der Waals surface area contributed by atoms with Crippen molar-refractivity contribution in [2.45, 2.75) is 19.4 Å². The van der Waals surface area contributed by atoms with Crippen LogP contribution in [0.25, 0.3) is 0 Å². The van der Waals surface area contributed by atoms with Crippen LogP contribution in [0.1, 0.15) is 24.9 Å². The van der Waals surface area contributed by atoms with Crippen LogP contribution in [0.15, 0.2) is 18.2 Å². The second-order valence-corrected chi connectivity index (χ2v) is 6.35. The molecule has 0 saturated carbocycles. The molecule has 4 nitrogen and oxygen atoms in total. The smallest absolute Gasteiger partial charge is 0.212 e. The van der Waals surface area contributed by atoms with Gasteiger partial charge in [-0.2, -0.15) is 0 Å². The Balaban J connectivity index is 2.78. The van der Waals surface area contributed by atoms with Crippen molar-refractivity contribution in [3.05, 3.63) is 29.6 Å². The first-order valence-corrected chi connectivity index (χ1v) is 7.97. The molecule has 1 unspecified atom stereocenters. The van der Waals surface area contributed by atoms with Gasteiger partial charge in [-0.3, -0.25) is 0 Å². The molecule has 0 spiro atoms. The second kappa shape index (κ2) is 7.07. The molecule has 0 radical (unpaired) electrons. The number of hydrogen-bond donors (Lipinski definition) is 1. The van der Waals surface area contributed by atoms with Gasteiger partial charge in [-0.25, -0.2) is 17.5 Å². The van der Waals surface area contributed by atoms with Crippen molar-refractivity contribution in [2.24, 2.45) is 0 Å².